The van der Waals surface area contributed by atoms with Gasteiger partial charge in [-0.3, -0.25) is 19.6 Å². The summed E-state index contributed by atoms with van der Waals surface area (Å²) in [5.74, 6) is 1.24. The molecule has 2 N–H and O–H groups in total. The van der Waals surface area contributed by atoms with Gasteiger partial charge in [-0.05, 0) is 42.5 Å². The molecule has 0 radical (unpaired) electrons. The predicted octanol–water partition coefficient (Wildman–Crippen LogP) is 3.55. The van der Waals surface area contributed by atoms with Crippen LogP contribution in [0.4, 0.5) is 0 Å². The second-order valence-electron chi connectivity index (χ2n) is 8.24. The minimum Gasteiger partial charge on any atom is -0.459 e. The van der Waals surface area contributed by atoms with E-state index in [1.807, 2.05) is 65.6 Å². The smallest absolute Gasteiger partial charge is 0.275 e. The summed E-state index contributed by atoms with van der Waals surface area (Å²) in [5.41, 5.74) is 2.22. The Hall–Kier alpha value is -3.62. The van der Waals surface area contributed by atoms with Crippen LogP contribution in [0.3, 0.4) is 0 Å². The van der Waals surface area contributed by atoms with Crippen molar-refractivity contribution in [3.05, 3.63) is 77.1 Å². The van der Waals surface area contributed by atoms with Gasteiger partial charge < -0.3 is 14.6 Å². The number of rotatable bonds is 6. The molecule has 4 aromatic rings. The number of H-pyrrole nitrogens is 1. The van der Waals surface area contributed by atoms with E-state index in [1.54, 1.807) is 4.90 Å². The average molecular weight is 478 g/mol. The maximum atomic E-state index is 12.9. The summed E-state index contributed by atoms with van der Waals surface area (Å²) >= 11 is 5.93. The molecule has 34 heavy (non-hydrogen) atoms. The van der Waals surface area contributed by atoms with Gasteiger partial charge in [0, 0.05) is 42.2 Å². The van der Waals surface area contributed by atoms with Crippen LogP contribution in [0.1, 0.15) is 16.2 Å². The number of carbonyl (C=O) groups is 2. The van der Waals surface area contributed by atoms with Crippen molar-refractivity contribution in [1.82, 2.24) is 25.3 Å². The Morgan fingerprint density at radius 3 is 2.56 bits per heavy atom. The molecule has 1 saturated heterocycles. The van der Waals surface area contributed by atoms with E-state index in [1.165, 1.54) is 0 Å². The van der Waals surface area contributed by atoms with Crippen LogP contribution in [0.2, 0.25) is 5.02 Å². The molecule has 0 aliphatic carbocycles. The van der Waals surface area contributed by atoms with Crippen molar-refractivity contribution in [3.63, 3.8) is 0 Å². The molecular weight excluding hydrogens is 454 g/mol. The second kappa shape index (κ2) is 9.70. The molecule has 0 unspecified atom stereocenters. The quantitative estimate of drug-likeness (QED) is 0.443. The first-order valence-electron chi connectivity index (χ1n) is 11.1. The van der Waals surface area contributed by atoms with Crippen LogP contribution in [0.5, 0.6) is 0 Å². The standard InChI is InChI=1S/C25H24ClN5O3/c26-18-7-5-17(6-8-18)22-10-9-19(34-22)15-27-23(32)16-30-11-13-31(14-12-30)25(33)24-20-3-1-2-4-21(20)28-29-24/h1-10H,11-16H2,(H,27,32)(H,28,29). The zero-order chi connectivity index (χ0) is 23.5. The summed E-state index contributed by atoms with van der Waals surface area (Å²) in [6.07, 6.45) is 0. The molecule has 1 aliphatic heterocycles. The van der Waals surface area contributed by atoms with Crippen molar-refractivity contribution in [1.29, 1.82) is 0 Å². The summed E-state index contributed by atoms with van der Waals surface area (Å²) in [6, 6.07) is 18.7. The number of hydrogen-bond acceptors (Lipinski definition) is 5. The Labute approximate surface area is 201 Å². The fourth-order valence-electron chi connectivity index (χ4n) is 4.07. The van der Waals surface area contributed by atoms with Gasteiger partial charge in [0.05, 0.1) is 18.6 Å². The lowest BCUT2D eigenvalue weighted by Gasteiger charge is -2.34. The Bertz CT molecular complexity index is 1310. The molecule has 2 aromatic carbocycles. The molecule has 5 rings (SSSR count). The molecule has 1 aliphatic rings. The lowest BCUT2D eigenvalue weighted by molar-refractivity contribution is -0.122. The van der Waals surface area contributed by atoms with Crippen molar-refractivity contribution in [2.45, 2.75) is 6.54 Å². The molecular formula is C25H24ClN5O3. The monoisotopic (exact) mass is 477 g/mol. The third kappa shape index (κ3) is 4.83. The van der Waals surface area contributed by atoms with E-state index in [2.05, 4.69) is 15.5 Å². The molecule has 2 amide bonds. The number of benzene rings is 2. The Balaban J connectivity index is 1.09. The van der Waals surface area contributed by atoms with E-state index in [9.17, 15) is 9.59 Å². The van der Waals surface area contributed by atoms with E-state index in [-0.39, 0.29) is 18.4 Å². The topological polar surface area (TPSA) is 94.5 Å². The molecule has 8 nitrogen and oxygen atoms in total. The highest BCUT2D eigenvalue weighted by Crippen LogP contribution is 2.24. The lowest BCUT2D eigenvalue weighted by atomic mass is 10.2. The number of halogens is 1. The van der Waals surface area contributed by atoms with Crippen LogP contribution in [0.25, 0.3) is 22.2 Å². The fraction of sp³-hybridized carbons (Fsp3) is 0.240. The van der Waals surface area contributed by atoms with E-state index in [4.69, 9.17) is 16.0 Å². The zero-order valence-corrected chi connectivity index (χ0v) is 19.2. The van der Waals surface area contributed by atoms with Gasteiger partial charge in [-0.1, -0.05) is 29.8 Å². The van der Waals surface area contributed by atoms with Gasteiger partial charge in [0.2, 0.25) is 5.91 Å². The Kier molecular flexibility index (Phi) is 6.33. The second-order valence-corrected chi connectivity index (χ2v) is 8.67. The molecule has 3 heterocycles. The van der Waals surface area contributed by atoms with Gasteiger partial charge in [-0.25, -0.2) is 0 Å². The minimum absolute atomic E-state index is 0.0810. The van der Waals surface area contributed by atoms with Gasteiger partial charge in [0.15, 0.2) is 5.69 Å². The van der Waals surface area contributed by atoms with Gasteiger partial charge >= 0.3 is 0 Å². The van der Waals surface area contributed by atoms with E-state index in [0.717, 1.165) is 22.2 Å². The first-order chi connectivity index (χ1) is 16.6. The van der Waals surface area contributed by atoms with Crippen molar-refractivity contribution in [2.24, 2.45) is 0 Å². The average Bonchev–Trinajstić information content (AvgIpc) is 3.51. The van der Waals surface area contributed by atoms with Crippen LogP contribution in [-0.4, -0.2) is 64.5 Å². The van der Waals surface area contributed by atoms with Gasteiger partial charge in [-0.15, -0.1) is 0 Å². The third-order valence-corrected chi connectivity index (χ3v) is 6.20. The number of aromatic amines is 1. The van der Waals surface area contributed by atoms with Crippen molar-refractivity contribution in [2.75, 3.05) is 32.7 Å². The number of carbonyl (C=O) groups excluding carboxylic acids is 2. The van der Waals surface area contributed by atoms with Crippen LogP contribution < -0.4 is 5.32 Å². The molecule has 0 spiro atoms. The van der Waals surface area contributed by atoms with Gasteiger partial charge in [0.1, 0.15) is 11.5 Å². The zero-order valence-electron chi connectivity index (χ0n) is 18.5. The molecule has 0 atom stereocenters. The van der Waals surface area contributed by atoms with Crippen molar-refractivity contribution >= 4 is 34.3 Å². The summed E-state index contributed by atoms with van der Waals surface area (Å²) in [5, 5.41) is 11.5. The van der Waals surface area contributed by atoms with Crippen LogP contribution in [0.15, 0.2) is 65.1 Å². The van der Waals surface area contributed by atoms with E-state index in [0.29, 0.717) is 49.2 Å². The van der Waals surface area contributed by atoms with Crippen molar-refractivity contribution < 1.29 is 14.0 Å². The number of fused-ring (bicyclic) bond motifs is 1. The van der Waals surface area contributed by atoms with Crippen LogP contribution >= 0.6 is 11.6 Å². The number of para-hydroxylation sites is 1. The Morgan fingerprint density at radius 1 is 1.00 bits per heavy atom. The molecule has 1 fully saturated rings. The summed E-state index contributed by atoms with van der Waals surface area (Å²) < 4.78 is 5.83. The van der Waals surface area contributed by atoms with E-state index < -0.39 is 0 Å². The lowest BCUT2D eigenvalue weighted by Crippen LogP contribution is -2.51. The highest BCUT2D eigenvalue weighted by Gasteiger charge is 2.26. The minimum atomic E-state index is -0.0872. The summed E-state index contributed by atoms with van der Waals surface area (Å²) in [4.78, 5) is 29.2. The number of hydrogen-bond donors (Lipinski definition) is 2. The van der Waals surface area contributed by atoms with Gasteiger partial charge in [0.25, 0.3) is 5.91 Å². The molecule has 174 valence electrons. The number of amides is 2. The fourth-order valence-corrected chi connectivity index (χ4v) is 4.20. The van der Waals surface area contributed by atoms with Gasteiger partial charge in [-0.2, -0.15) is 5.10 Å². The molecule has 0 bridgehead atoms. The maximum Gasteiger partial charge on any atom is 0.275 e. The largest absolute Gasteiger partial charge is 0.459 e. The molecule has 9 heteroatoms. The molecule has 2 aromatic heterocycles. The summed E-state index contributed by atoms with van der Waals surface area (Å²) in [6.45, 7) is 2.95. The van der Waals surface area contributed by atoms with E-state index >= 15 is 0 Å². The normalized spacial score (nSPS) is 14.4. The summed E-state index contributed by atoms with van der Waals surface area (Å²) in [7, 11) is 0. The van der Waals surface area contributed by atoms with Crippen LogP contribution in [0, 0.1) is 0 Å². The maximum absolute atomic E-state index is 12.9. The number of nitrogens with zero attached hydrogens (tertiary/aromatic N) is 3. The number of aromatic nitrogens is 2. The number of piperazine rings is 1. The Morgan fingerprint density at radius 2 is 1.76 bits per heavy atom. The number of nitrogens with one attached hydrogen (secondary N) is 2. The third-order valence-electron chi connectivity index (χ3n) is 5.95. The highest BCUT2D eigenvalue weighted by molar-refractivity contribution is 6.30. The molecule has 0 saturated carbocycles. The van der Waals surface area contributed by atoms with Crippen LogP contribution in [-0.2, 0) is 11.3 Å². The first-order valence-corrected chi connectivity index (χ1v) is 11.5. The van der Waals surface area contributed by atoms with Crippen molar-refractivity contribution in [3.8, 4) is 11.3 Å². The predicted molar refractivity (Wildman–Crippen MR) is 129 cm³/mol. The number of furan rings is 1. The first kappa shape index (κ1) is 22.2. The highest BCUT2D eigenvalue weighted by atomic mass is 35.5. The SMILES string of the molecule is O=C(CN1CCN(C(=O)c2n[nH]c3ccccc23)CC1)NCc1ccc(-c2ccc(Cl)cc2)o1.